The van der Waals surface area contributed by atoms with Gasteiger partial charge in [-0.3, -0.25) is 9.59 Å². The Labute approximate surface area is 143 Å². The average molecular weight is 366 g/mol. The summed E-state index contributed by atoms with van der Waals surface area (Å²) >= 11 is 0. The zero-order valence-electron chi connectivity index (χ0n) is 13.6. The predicted molar refractivity (Wildman–Crippen MR) is 90.4 cm³/mol. The SMILES string of the molecule is CN(C(=O)Cn1nc(-c2ccco2)cc(N)c1=O)C1CCS(=O)(=O)C1. The second-order valence-electron chi connectivity index (χ2n) is 5.99. The molecule has 2 N–H and O–H groups in total. The van der Waals surface area contributed by atoms with Gasteiger partial charge in [-0.05, 0) is 24.6 Å². The molecule has 1 unspecified atom stereocenters. The molecule has 0 saturated carbocycles. The number of anilines is 1. The maximum Gasteiger partial charge on any atom is 0.290 e. The molecule has 3 heterocycles. The first-order valence-corrected chi connectivity index (χ1v) is 9.46. The standard InChI is InChI=1S/C15H18N4O5S/c1-18(10-4-6-25(22,23)9-10)14(20)8-19-15(21)11(16)7-12(17-19)13-3-2-5-24-13/h2-3,5,7,10H,4,6,8-9,16H2,1H3. The molecule has 0 bridgehead atoms. The van der Waals surface area contributed by atoms with Crippen molar-refractivity contribution in [3.63, 3.8) is 0 Å². The molecule has 1 atom stereocenters. The first-order chi connectivity index (χ1) is 11.8. The number of nitrogens with zero attached hydrogens (tertiary/aromatic N) is 3. The Morgan fingerprint density at radius 1 is 1.52 bits per heavy atom. The third kappa shape index (κ3) is 3.58. The van der Waals surface area contributed by atoms with Crippen LogP contribution in [0.2, 0.25) is 0 Å². The number of amides is 1. The van der Waals surface area contributed by atoms with Gasteiger partial charge in [0, 0.05) is 13.1 Å². The van der Waals surface area contributed by atoms with Gasteiger partial charge in [0.05, 0.1) is 17.8 Å². The molecule has 1 fully saturated rings. The Morgan fingerprint density at radius 3 is 2.88 bits per heavy atom. The number of carbonyl (C=O) groups is 1. The normalized spacial score (nSPS) is 19.0. The molecule has 9 nitrogen and oxygen atoms in total. The summed E-state index contributed by atoms with van der Waals surface area (Å²) in [5.74, 6) is 0.0106. The maximum atomic E-state index is 12.4. The summed E-state index contributed by atoms with van der Waals surface area (Å²) in [6.45, 7) is -0.329. The summed E-state index contributed by atoms with van der Waals surface area (Å²) in [6, 6.07) is 4.32. The molecule has 1 amide bonds. The van der Waals surface area contributed by atoms with Crippen LogP contribution in [-0.4, -0.2) is 53.6 Å². The van der Waals surface area contributed by atoms with E-state index in [9.17, 15) is 18.0 Å². The first kappa shape index (κ1) is 17.2. The van der Waals surface area contributed by atoms with E-state index in [1.165, 1.54) is 24.3 Å². The molecular weight excluding hydrogens is 348 g/mol. The Morgan fingerprint density at radius 2 is 2.28 bits per heavy atom. The fraction of sp³-hybridized carbons (Fsp3) is 0.400. The highest BCUT2D eigenvalue weighted by molar-refractivity contribution is 7.91. The summed E-state index contributed by atoms with van der Waals surface area (Å²) in [5, 5.41) is 4.12. The number of hydrogen-bond acceptors (Lipinski definition) is 7. The highest BCUT2D eigenvalue weighted by Gasteiger charge is 2.32. The van der Waals surface area contributed by atoms with Gasteiger partial charge in [-0.15, -0.1) is 0 Å². The molecule has 2 aromatic rings. The molecule has 1 aliphatic rings. The van der Waals surface area contributed by atoms with Crippen molar-refractivity contribution in [2.24, 2.45) is 0 Å². The number of aromatic nitrogens is 2. The van der Waals surface area contributed by atoms with Crippen LogP contribution in [0.4, 0.5) is 5.69 Å². The van der Waals surface area contributed by atoms with Crippen molar-refractivity contribution in [1.29, 1.82) is 0 Å². The molecule has 0 aliphatic carbocycles. The monoisotopic (exact) mass is 366 g/mol. The molecule has 0 radical (unpaired) electrons. The van der Waals surface area contributed by atoms with Gasteiger partial charge in [0.2, 0.25) is 5.91 Å². The Kier molecular flexibility index (Phi) is 4.38. The quantitative estimate of drug-likeness (QED) is 0.788. The lowest BCUT2D eigenvalue weighted by molar-refractivity contribution is -0.132. The summed E-state index contributed by atoms with van der Waals surface area (Å²) in [7, 11) is -1.58. The molecule has 1 aliphatic heterocycles. The fourth-order valence-electron chi connectivity index (χ4n) is 2.74. The largest absolute Gasteiger partial charge is 0.463 e. The number of nitrogen functional groups attached to an aromatic ring is 1. The van der Waals surface area contributed by atoms with Gasteiger partial charge in [0.25, 0.3) is 5.56 Å². The number of rotatable bonds is 4. The van der Waals surface area contributed by atoms with Gasteiger partial charge < -0.3 is 15.1 Å². The topological polar surface area (TPSA) is 128 Å². The highest BCUT2D eigenvalue weighted by atomic mass is 32.2. The van der Waals surface area contributed by atoms with Crippen LogP contribution >= 0.6 is 0 Å². The van der Waals surface area contributed by atoms with E-state index in [-0.39, 0.29) is 29.8 Å². The molecule has 0 aromatic carbocycles. The van der Waals surface area contributed by atoms with Gasteiger partial charge in [0.1, 0.15) is 17.9 Å². The van der Waals surface area contributed by atoms with Gasteiger partial charge in [-0.2, -0.15) is 5.10 Å². The third-order valence-corrected chi connectivity index (χ3v) is 5.96. The number of likely N-dealkylation sites (N-methyl/N-ethyl adjacent to an activating group) is 1. The third-order valence-electron chi connectivity index (χ3n) is 4.21. The van der Waals surface area contributed by atoms with Crippen LogP contribution in [0.5, 0.6) is 0 Å². The van der Waals surface area contributed by atoms with Crippen molar-refractivity contribution in [3.05, 3.63) is 34.8 Å². The van der Waals surface area contributed by atoms with E-state index >= 15 is 0 Å². The Balaban J connectivity index is 1.82. The highest BCUT2D eigenvalue weighted by Crippen LogP contribution is 2.18. The fourth-order valence-corrected chi connectivity index (χ4v) is 4.51. The molecular formula is C15H18N4O5S. The van der Waals surface area contributed by atoms with Crippen molar-refractivity contribution in [2.75, 3.05) is 24.3 Å². The van der Waals surface area contributed by atoms with E-state index in [1.807, 2.05) is 0 Å². The van der Waals surface area contributed by atoms with Crippen LogP contribution in [0.1, 0.15) is 6.42 Å². The van der Waals surface area contributed by atoms with E-state index in [4.69, 9.17) is 10.2 Å². The molecule has 25 heavy (non-hydrogen) atoms. The smallest absolute Gasteiger partial charge is 0.290 e. The number of furan rings is 1. The molecule has 1 saturated heterocycles. The lowest BCUT2D eigenvalue weighted by Gasteiger charge is -2.23. The van der Waals surface area contributed by atoms with Crippen molar-refractivity contribution >= 4 is 21.4 Å². The zero-order valence-corrected chi connectivity index (χ0v) is 14.4. The van der Waals surface area contributed by atoms with Crippen molar-refractivity contribution < 1.29 is 17.6 Å². The Hall–Kier alpha value is -2.62. The zero-order chi connectivity index (χ0) is 18.2. The van der Waals surface area contributed by atoms with Gasteiger partial charge in [-0.1, -0.05) is 0 Å². The van der Waals surface area contributed by atoms with Crippen LogP contribution in [0.3, 0.4) is 0 Å². The lowest BCUT2D eigenvalue weighted by Crippen LogP contribution is -2.42. The van der Waals surface area contributed by atoms with Crippen LogP contribution in [0.15, 0.2) is 33.7 Å². The molecule has 0 spiro atoms. The van der Waals surface area contributed by atoms with E-state index in [2.05, 4.69) is 5.10 Å². The van der Waals surface area contributed by atoms with Crippen molar-refractivity contribution in [3.8, 4) is 11.5 Å². The minimum atomic E-state index is -3.11. The summed E-state index contributed by atoms with van der Waals surface area (Å²) in [4.78, 5) is 25.9. The molecule has 2 aromatic heterocycles. The molecule has 10 heteroatoms. The number of carbonyl (C=O) groups excluding carboxylic acids is 1. The Bertz CT molecular complexity index is 949. The molecule has 134 valence electrons. The van der Waals surface area contributed by atoms with Crippen LogP contribution in [0, 0.1) is 0 Å². The second kappa shape index (κ2) is 6.36. The number of nitrogens with two attached hydrogens (primary N) is 1. The van der Waals surface area contributed by atoms with E-state index in [0.717, 1.165) is 4.68 Å². The van der Waals surface area contributed by atoms with E-state index in [0.29, 0.717) is 17.9 Å². The lowest BCUT2D eigenvalue weighted by atomic mass is 10.2. The van der Waals surface area contributed by atoms with E-state index < -0.39 is 21.3 Å². The average Bonchev–Trinajstić information content (AvgIpc) is 3.20. The maximum absolute atomic E-state index is 12.4. The van der Waals surface area contributed by atoms with Gasteiger partial charge >= 0.3 is 0 Å². The van der Waals surface area contributed by atoms with Gasteiger partial charge in [0.15, 0.2) is 15.6 Å². The second-order valence-corrected chi connectivity index (χ2v) is 8.22. The number of sulfone groups is 1. The molecule has 3 rings (SSSR count). The summed E-state index contributed by atoms with van der Waals surface area (Å²) < 4.78 is 29.3. The minimum absolute atomic E-state index is 0.0553. The van der Waals surface area contributed by atoms with Gasteiger partial charge in [-0.25, -0.2) is 13.1 Å². The van der Waals surface area contributed by atoms with Crippen molar-refractivity contribution in [1.82, 2.24) is 14.7 Å². The van der Waals surface area contributed by atoms with Crippen molar-refractivity contribution in [2.45, 2.75) is 19.0 Å². The minimum Gasteiger partial charge on any atom is -0.463 e. The van der Waals surface area contributed by atoms with E-state index in [1.54, 1.807) is 12.1 Å². The first-order valence-electron chi connectivity index (χ1n) is 7.64. The van der Waals surface area contributed by atoms with Crippen LogP contribution < -0.4 is 11.3 Å². The summed E-state index contributed by atoms with van der Waals surface area (Å²) in [5.41, 5.74) is 5.41. The van der Waals surface area contributed by atoms with Crippen LogP contribution in [0.25, 0.3) is 11.5 Å². The number of hydrogen-bond donors (Lipinski definition) is 1. The summed E-state index contributed by atoms with van der Waals surface area (Å²) in [6.07, 6.45) is 1.85. The van der Waals surface area contributed by atoms with Crippen LogP contribution in [-0.2, 0) is 21.2 Å². The predicted octanol–water partition coefficient (Wildman–Crippen LogP) is -0.269.